The summed E-state index contributed by atoms with van der Waals surface area (Å²) in [6.45, 7) is 4.56. The molecule has 0 aliphatic heterocycles. The molecule has 3 aromatic carbocycles. The van der Waals surface area contributed by atoms with Gasteiger partial charge in [0, 0.05) is 16.0 Å². The lowest BCUT2D eigenvalue weighted by Gasteiger charge is -2.21. The highest BCUT2D eigenvalue weighted by Crippen LogP contribution is 2.51. The van der Waals surface area contributed by atoms with Gasteiger partial charge in [0.2, 0.25) is 0 Å². The molecule has 0 nitrogen and oxygen atoms in total. The van der Waals surface area contributed by atoms with Crippen LogP contribution in [0.3, 0.4) is 0 Å². The fourth-order valence-corrected chi connectivity index (χ4v) is 3.70. The van der Waals surface area contributed by atoms with Crippen molar-refractivity contribution in [3.05, 3.63) is 70.7 Å². The van der Waals surface area contributed by atoms with Crippen LogP contribution in [0.25, 0.3) is 21.9 Å². The zero-order chi connectivity index (χ0) is 13.9. The fourth-order valence-electron chi connectivity index (χ4n) is 3.43. The number of fused-ring (bicyclic) bond motifs is 4. The summed E-state index contributed by atoms with van der Waals surface area (Å²) in [7, 11) is 0. The zero-order valence-corrected chi connectivity index (χ0v) is 12.3. The molecule has 0 unspecified atom stereocenters. The Hall–Kier alpha value is -1.79. The van der Waals surface area contributed by atoms with Gasteiger partial charge in [0.15, 0.2) is 0 Å². The van der Waals surface area contributed by atoms with Crippen LogP contribution in [0, 0.1) is 0 Å². The van der Waals surface area contributed by atoms with Crippen LogP contribution in [0.5, 0.6) is 0 Å². The molecule has 98 valence electrons. The van der Waals surface area contributed by atoms with Crippen molar-refractivity contribution in [3.8, 4) is 11.1 Å². The van der Waals surface area contributed by atoms with Crippen LogP contribution in [0.4, 0.5) is 0 Å². The van der Waals surface area contributed by atoms with Crippen LogP contribution < -0.4 is 0 Å². The van der Waals surface area contributed by atoms with Crippen LogP contribution >= 0.6 is 11.6 Å². The Bertz CT molecular complexity index is 844. The molecule has 4 rings (SSSR count). The van der Waals surface area contributed by atoms with Gasteiger partial charge in [-0.1, -0.05) is 61.8 Å². The maximum absolute atomic E-state index is 6.48. The minimum atomic E-state index is 0.0135. The van der Waals surface area contributed by atoms with E-state index >= 15 is 0 Å². The average molecular weight is 279 g/mol. The highest BCUT2D eigenvalue weighted by Gasteiger charge is 2.36. The molecule has 0 radical (unpaired) electrons. The highest BCUT2D eigenvalue weighted by molar-refractivity contribution is 6.34. The van der Waals surface area contributed by atoms with Crippen LogP contribution in [-0.2, 0) is 5.41 Å². The maximum Gasteiger partial charge on any atom is 0.0487 e. The van der Waals surface area contributed by atoms with Crippen LogP contribution in [0.15, 0.2) is 54.6 Å². The van der Waals surface area contributed by atoms with Crippen molar-refractivity contribution in [2.24, 2.45) is 0 Å². The Morgan fingerprint density at radius 2 is 1.50 bits per heavy atom. The number of hydrogen-bond donors (Lipinski definition) is 0. The first kappa shape index (κ1) is 12.0. The van der Waals surface area contributed by atoms with Crippen LogP contribution in [-0.4, -0.2) is 0 Å². The smallest absolute Gasteiger partial charge is 0.0487 e. The van der Waals surface area contributed by atoms with Gasteiger partial charge in [0.1, 0.15) is 0 Å². The fraction of sp³-hybridized carbons (Fsp3) is 0.158. The third-order valence-corrected chi connectivity index (χ3v) is 4.83. The second-order valence-electron chi connectivity index (χ2n) is 6.03. The van der Waals surface area contributed by atoms with Crippen molar-refractivity contribution in [1.29, 1.82) is 0 Å². The molecule has 0 N–H and O–H groups in total. The molecule has 3 aromatic rings. The predicted molar refractivity (Wildman–Crippen MR) is 86.5 cm³/mol. The van der Waals surface area contributed by atoms with E-state index in [2.05, 4.69) is 62.4 Å². The molecule has 0 bridgehead atoms. The molecule has 0 heterocycles. The second-order valence-corrected chi connectivity index (χ2v) is 6.44. The van der Waals surface area contributed by atoms with Gasteiger partial charge in [0.05, 0.1) is 0 Å². The summed E-state index contributed by atoms with van der Waals surface area (Å²) in [5.74, 6) is 0. The number of hydrogen-bond acceptors (Lipinski definition) is 0. The molecule has 20 heavy (non-hydrogen) atoms. The molecule has 0 aromatic heterocycles. The van der Waals surface area contributed by atoms with E-state index in [1.807, 2.05) is 6.07 Å². The van der Waals surface area contributed by atoms with Gasteiger partial charge in [-0.25, -0.2) is 0 Å². The van der Waals surface area contributed by atoms with Gasteiger partial charge in [-0.05, 0) is 45.7 Å². The van der Waals surface area contributed by atoms with Gasteiger partial charge in [-0.3, -0.25) is 0 Å². The van der Waals surface area contributed by atoms with Crippen molar-refractivity contribution in [1.82, 2.24) is 0 Å². The predicted octanol–water partition coefficient (Wildman–Crippen LogP) is 5.80. The Kier molecular flexibility index (Phi) is 2.32. The SMILES string of the molecule is CC1(C)c2cc3ccccc3cc2-c2c(Cl)cccc21. The average Bonchev–Trinajstić information content (AvgIpc) is 2.67. The molecule has 0 spiro atoms. The minimum Gasteiger partial charge on any atom is -0.0837 e. The van der Waals surface area contributed by atoms with Crippen molar-refractivity contribution >= 4 is 22.4 Å². The molecule has 1 aliphatic carbocycles. The van der Waals surface area contributed by atoms with Crippen LogP contribution in [0.2, 0.25) is 5.02 Å². The number of benzene rings is 3. The van der Waals surface area contributed by atoms with E-state index in [1.165, 1.54) is 33.0 Å². The van der Waals surface area contributed by atoms with Gasteiger partial charge in [-0.15, -0.1) is 0 Å². The quantitative estimate of drug-likeness (QED) is 0.487. The summed E-state index contributed by atoms with van der Waals surface area (Å²) in [4.78, 5) is 0. The Morgan fingerprint density at radius 1 is 0.800 bits per heavy atom. The summed E-state index contributed by atoms with van der Waals surface area (Å²) in [6, 6.07) is 19.4. The first-order chi connectivity index (χ1) is 9.59. The lowest BCUT2D eigenvalue weighted by Crippen LogP contribution is -2.14. The Balaban J connectivity index is 2.17. The molecule has 0 saturated carbocycles. The molecule has 0 fully saturated rings. The monoisotopic (exact) mass is 278 g/mol. The Morgan fingerprint density at radius 3 is 2.25 bits per heavy atom. The summed E-state index contributed by atoms with van der Waals surface area (Å²) in [5, 5.41) is 3.42. The third kappa shape index (κ3) is 1.43. The van der Waals surface area contributed by atoms with Crippen LogP contribution in [0.1, 0.15) is 25.0 Å². The standard InChI is InChI=1S/C19H15Cl/c1-19(2)15-8-5-9-17(20)18(15)14-10-12-6-3-4-7-13(12)11-16(14)19/h3-11H,1-2H3. The molecule has 0 amide bonds. The third-order valence-electron chi connectivity index (χ3n) is 4.52. The lowest BCUT2D eigenvalue weighted by molar-refractivity contribution is 0.661. The molecular weight excluding hydrogens is 264 g/mol. The van der Waals surface area contributed by atoms with Gasteiger partial charge < -0.3 is 0 Å². The van der Waals surface area contributed by atoms with Gasteiger partial charge >= 0.3 is 0 Å². The van der Waals surface area contributed by atoms with E-state index in [4.69, 9.17) is 11.6 Å². The summed E-state index contributed by atoms with van der Waals surface area (Å²) in [5.41, 5.74) is 5.21. The first-order valence-corrected chi connectivity index (χ1v) is 7.29. The zero-order valence-electron chi connectivity index (χ0n) is 11.6. The largest absolute Gasteiger partial charge is 0.0837 e. The topological polar surface area (TPSA) is 0 Å². The van der Waals surface area contributed by atoms with Crippen molar-refractivity contribution in [3.63, 3.8) is 0 Å². The molecule has 1 aliphatic rings. The van der Waals surface area contributed by atoms with E-state index in [1.54, 1.807) is 0 Å². The summed E-state index contributed by atoms with van der Waals surface area (Å²) in [6.07, 6.45) is 0. The van der Waals surface area contributed by atoms with E-state index in [-0.39, 0.29) is 5.41 Å². The van der Waals surface area contributed by atoms with Crippen molar-refractivity contribution in [2.45, 2.75) is 19.3 Å². The Labute approximate surface area is 124 Å². The van der Waals surface area contributed by atoms with Gasteiger partial charge in [0.25, 0.3) is 0 Å². The van der Waals surface area contributed by atoms with Gasteiger partial charge in [-0.2, -0.15) is 0 Å². The maximum atomic E-state index is 6.48. The molecule has 0 atom stereocenters. The van der Waals surface area contributed by atoms with E-state index in [9.17, 15) is 0 Å². The first-order valence-electron chi connectivity index (χ1n) is 6.92. The molecular formula is C19H15Cl. The molecule has 0 saturated heterocycles. The van der Waals surface area contributed by atoms with Crippen molar-refractivity contribution < 1.29 is 0 Å². The minimum absolute atomic E-state index is 0.0135. The van der Waals surface area contributed by atoms with E-state index in [0.29, 0.717) is 0 Å². The summed E-state index contributed by atoms with van der Waals surface area (Å²) >= 11 is 6.48. The van der Waals surface area contributed by atoms with E-state index in [0.717, 1.165) is 5.02 Å². The van der Waals surface area contributed by atoms with Crippen molar-refractivity contribution in [2.75, 3.05) is 0 Å². The lowest BCUT2D eigenvalue weighted by atomic mass is 9.82. The normalized spacial score (nSPS) is 15.2. The number of rotatable bonds is 0. The number of halogens is 1. The summed E-state index contributed by atoms with van der Waals surface area (Å²) < 4.78 is 0. The second kappa shape index (κ2) is 3.86. The van der Waals surface area contributed by atoms with E-state index < -0.39 is 0 Å². The molecule has 1 heteroatoms. The highest BCUT2D eigenvalue weighted by atomic mass is 35.5.